The van der Waals surface area contributed by atoms with Crippen molar-refractivity contribution in [2.75, 3.05) is 0 Å². The Morgan fingerprint density at radius 2 is 1.29 bits per heavy atom. The zero-order valence-corrected chi connectivity index (χ0v) is 7.18. The van der Waals surface area contributed by atoms with Gasteiger partial charge < -0.3 is 2.85 Å². The van der Waals surface area contributed by atoms with Gasteiger partial charge in [0.15, 0.2) is 0 Å². The molecule has 0 saturated heterocycles. The Bertz CT molecular complexity index is 102. The van der Waals surface area contributed by atoms with Crippen LogP contribution >= 0.6 is 9.90 Å². The fraction of sp³-hybridized carbons (Fsp3) is 0. The van der Waals surface area contributed by atoms with Gasteiger partial charge in [0.05, 0.1) is 0 Å². The molecule has 0 aromatic carbocycles. The van der Waals surface area contributed by atoms with E-state index >= 15 is 0 Å². The molecule has 7 heteroatoms. The van der Waals surface area contributed by atoms with E-state index in [-0.39, 0.29) is 35.8 Å². The first-order valence-electron chi connectivity index (χ1n) is 0.698. The van der Waals surface area contributed by atoms with Gasteiger partial charge in [0.1, 0.15) is 0 Å². The van der Waals surface area contributed by atoms with Crippen molar-refractivity contribution in [1.82, 2.24) is 0 Å². The van der Waals surface area contributed by atoms with Crippen molar-refractivity contribution in [2.24, 2.45) is 0 Å². The Hall–Kier alpha value is 1.07. The molecule has 0 aliphatic rings. The second-order valence-corrected chi connectivity index (χ2v) is 1.34. The third kappa shape index (κ3) is 160. The molecule has 0 aromatic heterocycles. The van der Waals surface area contributed by atoms with Crippen LogP contribution in [0.5, 0.6) is 0 Å². The van der Waals surface area contributed by atoms with Gasteiger partial charge in [0, 0.05) is 0 Å². The quantitative estimate of drug-likeness (QED) is 0.276. The smallest absolute Gasteiger partial charge is 1.00 e. The average molecular weight is 158 g/mol. The van der Waals surface area contributed by atoms with Crippen LogP contribution in [0.3, 0.4) is 0 Å². The molecular formula is H7MgO4PS. The predicted octanol–water partition coefficient (Wildman–Crippen LogP) is -0.750. The second-order valence-electron chi connectivity index (χ2n) is 0.448. The summed E-state index contributed by atoms with van der Waals surface area (Å²) in [6.07, 6.45) is 0. The molecule has 0 aliphatic heterocycles. The fourth-order valence-electron chi connectivity index (χ4n) is 0. The van der Waals surface area contributed by atoms with Crippen LogP contribution < -0.4 is 0 Å². The van der Waals surface area contributed by atoms with E-state index in [0.29, 0.717) is 0 Å². The van der Waals surface area contributed by atoms with Gasteiger partial charge in [-0.05, 0) is 0 Å². The molecule has 0 radical (unpaired) electrons. The molecule has 0 fully saturated rings. The molecule has 2 N–H and O–H groups in total. The Morgan fingerprint density at radius 1 is 1.29 bits per heavy atom. The first kappa shape index (κ1) is 15.7. The van der Waals surface area contributed by atoms with Crippen LogP contribution in [0.15, 0.2) is 0 Å². The third-order valence-electron chi connectivity index (χ3n) is 0. The molecule has 7 heavy (non-hydrogen) atoms. The molecular weight excluding hydrogens is 151 g/mol. The van der Waals surface area contributed by atoms with Gasteiger partial charge in [-0.25, -0.2) is 0 Å². The van der Waals surface area contributed by atoms with Gasteiger partial charge in [0.25, 0.3) is 0 Å². The minimum Gasteiger partial charge on any atom is -1.00 e. The van der Waals surface area contributed by atoms with Gasteiger partial charge in [-0.15, -0.1) is 0 Å². The van der Waals surface area contributed by atoms with Crippen LogP contribution in [-0.2, 0) is 10.4 Å². The zero-order chi connectivity index (χ0) is 4.50. The van der Waals surface area contributed by atoms with E-state index in [1.54, 1.807) is 0 Å². The van der Waals surface area contributed by atoms with Crippen LogP contribution in [0.1, 0.15) is 2.85 Å². The molecule has 44 valence electrons. The maximum atomic E-state index is 8.74. The second kappa shape index (κ2) is 5.21. The molecule has 0 saturated carbocycles. The monoisotopic (exact) mass is 158 g/mol. The van der Waals surface area contributed by atoms with Crippen LogP contribution in [0.4, 0.5) is 0 Å². The SMILES string of the molecule is O=S(=O)(O)O.P.[H-].[H-].[Mg+2]. The van der Waals surface area contributed by atoms with Crippen molar-refractivity contribution in [3.8, 4) is 0 Å². The molecule has 0 bridgehead atoms. The van der Waals surface area contributed by atoms with Gasteiger partial charge in [-0.1, -0.05) is 0 Å². The Labute approximate surface area is 64.0 Å². The minimum absolute atomic E-state index is 0. The summed E-state index contributed by atoms with van der Waals surface area (Å²) in [6.45, 7) is 0. The van der Waals surface area contributed by atoms with Gasteiger partial charge in [-0.2, -0.15) is 18.3 Å². The van der Waals surface area contributed by atoms with Crippen LogP contribution in [0, 0.1) is 0 Å². The third-order valence-corrected chi connectivity index (χ3v) is 0. The maximum absolute atomic E-state index is 8.74. The van der Waals surface area contributed by atoms with E-state index in [9.17, 15) is 0 Å². The normalized spacial score (nSPS) is 8.29. The summed E-state index contributed by atoms with van der Waals surface area (Å²) in [5.74, 6) is 0. The van der Waals surface area contributed by atoms with Crippen molar-refractivity contribution < 1.29 is 20.4 Å². The maximum Gasteiger partial charge on any atom is 2.00 e. The van der Waals surface area contributed by atoms with Crippen LogP contribution in [-0.4, -0.2) is 40.6 Å². The van der Waals surface area contributed by atoms with Crippen LogP contribution in [0.2, 0.25) is 0 Å². The summed E-state index contributed by atoms with van der Waals surface area (Å²) in [7, 11) is -4.67. The van der Waals surface area contributed by atoms with Crippen molar-refractivity contribution >= 4 is 43.4 Å². The van der Waals surface area contributed by atoms with Gasteiger partial charge >= 0.3 is 33.5 Å². The summed E-state index contributed by atoms with van der Waals surface area (Å²) < 4.78 is 31.6. The number of hydrogen-bond acceptors (Lipinski definition) is 2. The van der Waals surface area contributed by atoms with E-state index in [1.165, 1.54) is 0 Å². The number of hydrogen-bond donors (Lipinski definition) is 2. The standard InChI is InChI=1S/Mg.H2O4S.H3P.2H/c;1-5(2,3)4;;;/h;(H2,1,2,3,4);1H3;;/q+2;;;2*-1. The summed E-state index contributed by atoms with van der Waals surface area (Å²) in [6, 6.07) is 0. The van der Waals surface area contributed by atoms with Gasteiger partial charge in [0.2, 0.25) is 0 Å². The molecule has 1 atom stereocenters. The van der Waals surface area contributed by atoms with E-state index < -0.39 is 10.4 Å². The van der Waals surface area contributed by atoms with E-state index in [1.807, 2.05) is 0 Å². The predicted molar refractivity (Wildman–Crippen MR) is 33.3 cm³/mol. The van der Waals surface area contributed by atoms with Crippen molar-refractivity contribution in [2.45, 2.75) is 0 Å². The Balaban J connectivity index is -0.0000000133. The largest absolute Gasteiger partial charge is 2.00 e. The molecule has 0 aliphatic carbocycles. The van der Waals surface area contributed by atoms with E-state index in [4.69, 9.17) is 17.5 Å². The minimum atomic E-state index is -4.67. The Morgan fingerprint density at radius 3 is 1.29 bits per heavy atom. The summed E-state index contributed by atoms with van der Waals surface area (Å²) in [4.78, 5) is 0. The summed E-state index contributed by atoms with van der Waals surface area (Å²) in [5, 5.41) is 0. The molecule has 4 nitrogen and oxygen atoms in total. The molecule has 0 rings (SSSR count). The molecule has 0 heterocycles. The molecule has 0 aromatic rings. The average Bonchev–Trinajstić information content (AvgIpc) is 0.722. The first-order valence-corrected chi connectivity index (χ1v) is 2.10. The van der Waals surface area contributed by atoms with E-state index in [0.717, 1.165) is 0 Å². The summed E-state index contributed by atoms with van der Waals surface area (Å²) >= 11 is 0. The van der Waals surface area contributed by atoms with Crippen LogP contribution in [0.25, 0.3) is 0 Å². The topological polar surface area (TPSA) is 74.6 Å². The summed E-state index contributed by atoms with van der Waals surface area (Å²) in [5.41, 5.74) is 0. The van der Waals surface area contributed by atoms with Crippen molar-refractivity contribution in [3.63, 3.8) is 0 Å². The van der Waals surface area contributed by atoms with Crippen molar-refractivity contribution in [1.29, 1.82) is 0 Å². The Kier molecular flexibility index (Phi) is 11.7. The zero-order valence-electron chi connectivity index (χ0n) is 5.53. The first-order chi connectivity index (χ1) is 2.00. The molecule has 0 spiro atoms. The fourth-order valence-corrected chi connectivity index (χ4v) is 0. The van der Waals surface area contributed by atoms with E-state index in [2.05, 4.69) is 0 Å². The molecule has 1 unspecified atom stereocenters. The molecule has 0 amide bonds. The van der Waals surface area contributed by atoms with Crippen molar-refractivity contribution in [3.05, 3.63) is 0 Å². The number of rotatable bonds is 0. The van der Waals surface area contributed by atoms with Gasteiger partial charge in [-0.3, -0.25) is 9.11 Å².